The van der Waals surface area contributed by atoms with E-state index < -0.39 is 27.3 Å². The lowest BCUT2D eigenvalue weighted by molar-refractivity contribution is -0.0799. The maximum Gasteiger partial charge on any atom is 0.264 e. The summed E-state index contributed by atoms with van der Waals surface area (Å²) in [5.41, 5.74) is -0.00294. The van der Waals surface area contributed by atoms with Crippen molar-refractivity contribution in [1.82, 2.24) is 9.88 Å². The Hall–Kier alpha value is -3.82. The highest BCUT2D eigenvalue weighted by molar-refractivity contribution is 7.93. The molecule has 1 saturated heterocycles. The average molecular weight is 492 g/mol. The predicted octanol–water partition coefficient (Wildman–Crippen LogP) is 3.60. The smallest absolute Gasteiger partial charge is 0.264 e. The topological polar surface area (TPSA) is 99.6 Å². The van der Waals surface area contributed by atoms with Crippen molar-refractivity contribution in [1.29, 1.82) is 0 Å². The van der Waals surface area contributed by atoms with Crippen molar-refractivity contribution in [3.63, 3.8) is 0 Å². The van der Waals surface area contributed by atoms with Gasteiger partial charge in [0.15, 0.2) is 0 Å². The highest BCUT2D eigenvalue weighted by atomic mass is 32.2. The Balaban J connectivity index is 1.30. The Morgan fingerprint density at radius 2 is 1.77 bits per heavy atom. The van der Waals surface area contributed by atoms with Gasteiger partial charge >= 0.3 is 0 Å². The van der Waals surface area contributed by atoms with Crippen LogP contribution in [-0.4, -0.2) is 48.0 Å². The number of nitrogens with zero attached hydrogens (tertiary/aromatic N) is 2. The fourth-order valence-electron chi connectivity index (χ4n) is 4.30. The van der Waals surface area contributed by atoms with E-state index in [0.717, 1.165) is 11.6 Å². The molecule has 0 saturated carbocycles. The fraction of sp³-hybridized carbons (Fsp3) is 0.154. The van der Waals surface area contributed by atoms with E-state index in [1.54, 1.807) is 24.3 Å². The number of aliphatic hydroxyl groups is 1. The molecule has 0 unspecified atom stereocenters. The summed E-state index contributed by atoms with van der Waals surface area (Å²) in [6.45, 7) is 0.260. The summed E-state index contributed by atoms with van der Waals surface area (Å²) >= 11 is 0. The molecule has 0 spiro atoms. The normalized spacial score (nSPS) is 15.0. The molecule has 0 aliphatic carbocycles. The molecule has 178 valence electrons. The Morgan fingerprint density at radius 1 is 1.03 bits per heavy atom. The third-order valence-electron chi connectivity index (χ3n) is 5.98. The number of likely N-dealkylation sites (tertiary alicyclic amines) is 1. The highest BCUT2D eigenvalue weighted by Gasteiger charge is 2.43. The van der Waals surface area contributed by atoms with Crippen molar-refractivity contribution in [2.24, 2.45) is 0 Å². The highest BCUT2D eigenvalue weighted by Crippen LogP contribution is 2.29. The molecular weight excluding hydrogens is 469 g/mol. The van der Waals surface area contributed by atoms with Crippen LogP contribution < -0.4 is 4.72 Å². The summed E-state index contributed by atoms with van der Waals surface area (Å²) in [4.78, 5) is 18.3. The lowest BCUT2D eigenvalue weighted by Gasteiger charge is -2.46. The van der Waals surface area contributed by atoms with E-state index in [9.17, 15) is 22.7 Å². The van der Waals surface area contributed by atoms with E-state index in [1.807, 2.05) is 30.3 Å². The van der Waals surface area contributed by atoms with Gasteiger partial charge in [0, 0.05) is 23.6 Å². The van der Waals surface area contributed by atoms with Crippen LogP contribution in [0.25, 0.3) is 10.9 Å². The SMILES string of the molecule is O=C(c1ccc(NS(=O)(=O)c2cccc3cccnc23)c(F)c1)N1CC(O)(Cc2ccccc2)C1. The molecule has 5 rings (SSSR count). The number of hydrogen-bond donors (Lipinski definition) is 2. The Kier molecular flexibility index (Phi) is 5.74. The van der Waals surface area contributed by atoms with Gasteiger partial charge in [-0.25, -0.2) is 12.8 Å². The van der Waals surface area contributed by atoms with Crippen LogP contribution in [0.1, 0.15) is 15.9 Å². The molecule has 1 fully saturated rings. The summed E-state index contributed by atoms with van der Waals surface area (Å²) in [6, 6.07) is 21.2. The third-order valence-corrected chi connectivity index (χ3v) is 7.38. The molecule has 0 atom stereocenters. The van der Waals surface area contributed by atoms with Gasteiger partial charge in [0.2, 0.25) is 0 Å². The van der Waals surface area contributed by atoms with Crippen LogP contribution in [0.5, 0.6) is 0 Å². The summed E-state index contributed by atoms with van der Waals surface area (Å²) in [5, 5.41) is 11.3. The third kappa shape index (κ3) is 4.60. The number of carbonyl (C=O) groups is 1. The second-order valence-corrected chi connectivity index (χ2v) is 10.3. The molecule has 0 radical (unpaired) electrons. The molecule has 7 nitrogen and oxygen atoms in total. The lowest BCUT2D eigenvalue weighted by Crippen LogP contribution is -2.64. The van der Waals surface area contributed by atoms with Gasteiger partial charge < -0.3 is 10.0 Å². The number of rotatable bonds is 6. The van der Waals surface area contributed by atoms with Crippen LogP contribution >= 0.6 is 0 Å². The monoisotopic (exact) mass is 491 g/mol. The second kappa shape index (κ2) is 8.75. The molecule has 35 heavy (non-hydrogen) atoms. The standard InChI is InChI=1S/C26H22FN3O4S/c27-21-14-20(25(31)30-16-26(32,17-30)15-18-6-2-1-3-7-18)11-12-22(21)29-35(33,34)23-10-4-8-19-9-5-13-28-24(19)23/h1-14,29,32H,15-17H2. The van der Waals surface area contributed by atoms with E-state index in [1.165, 1.54) is 29.3 Å². The lowest BCUT2D eigenvalue weighted by atomic mass is 9.86. The summed E-state index contributed by atoms with van der Waals surface area (Å²) in [5.74, 6) is -1.32. The number of fused-ring (bicyclic) bond motifs is 1. The van der Waals surface area contributed by atoms with E-state index in [0.29, 0.717) is 11.8 Å². The number of carbonyl (C=O) groups excluding carboxylic acids is 1. The van der Waals surface area contributed by atoms with Crippen molar-refractivity contribution >= 4 is 32.5 Å². The van der Waals surface area contributed by atoms with Crippen LogP contribution in [0.15, 0.2) is 90.0 Å². The van der Waals surface area contributed by atoms with Gasteiger partial charge in [0.05, 0.1) is 24.3 Å². The zero-order chi connectivity index (χ0) is 24.6. The molecular formula is C26H22FN3O4S. The molecule has 0 bridgehead atoms. The summed E-state index contributed by atoms with van der Waals surface area (Å²) in [6.07, 6.45) is 1.90. The van der Waals surface area contributed by atoms with Crippen LogP contribution in [0.4, 0.5) is 10.1 Å². The van der Waals surface area contributed by atoms with Gasteiger partial charge in [-0.15, -0.1) is 0 Å². The minimum absolute atomic E-state index is 0.0686. The van der Waals surface area contributed by atoms with Gasteiger partial charge in [0.1, 0.15) is 16.3 Å². The fourth-order valence-corrected chi connectivity index (χ4v) is 5.55. The maximum absolute atomic E-state index is 14.8. The summed E-state index contributed by atoms with van der Waals surface area (Å²) in [7, 11) is -4.13. The predicted molar refractivity (Wildman–Crippen MR) is 130 cm³/mol. The van der Waals surface area contributed by atoms with Gasteiger partial charge in [-0.3, -0.25) is 14.5 Å². The largest absolute Gasteiger partial charge is 0.386 e. The minimum atomic E-state index is -4.13. The maximum atomic E-state index is 14.8. The molecule has 9 heteroatoms. The minimum Gasteiger partial charge on any atom is -0.386 e. The first-order chi connectivity index (χ1) is 16.7. The number of pyridine rings is 1. The molecule has 1 aliphatic heterocycles. The quantitative estimate of drug-likeness (QED) is 0.429. The van der Waals surface area contributed by atoms with Gasteiger partial charge in [0.25, 0.3) is 15.9 Å². The molecule has 2 N–H and O–H groups in total. The summed E-state index contributed by atoms with van der Waals surface area (Å²) < 4.78 is 43.0. The first-order valence-corrected chi connectivity index (χ1v) is 12.4. The number of hydrogen-bond acceptors (Lipinski definition) is 5. The number of benzene rings is 3. The van der Waals surface area contributed by atoms with Crippen LogP contribution in [0, 0.1) is 5.82 Å². The molecule has 4 aromatic rings. The van der Waals surface area contributed by atoms with Crippen LogP contribution in [0.3, 0.4) is 0 Å². The number of anilines is 1. The van der Waals surface area contributed by atoms with Gasteiger partial charge in [-0.2, -0.15) is 0 Å². The number of halogens is 1. The average Bonchev–Trinajstić information content (AvgIpc) is 2.83. The van der Waals surface area contributed by atoms with E-state index >= 15 is 0 Å². The van der Waals surface area contributed by atoms with Crippen molar-refractivity contribution in [3.8, 4) is 0 Å². The number of sulfonamides is 1. The van der Waals surface area contributed by atoms with Gasteiger partial charge in [-0.05, 0) is 35.9 Å². The second-order valence-electron chi connectivity index (χ2n) is 8.68. The van der Waals surface area contributed by atoms with E-state index in [-0.39, 0.29) is 34.8 Å². The zero-order valence-electron chi connectivity index (χ0n) is 18.6. The number of nitrogens with one attached hydrogen (secondary N) is 1. The molecule has 1 aromatic heterocycles. The van der Waals surface area contributed by atoms with Crippen molar-refractivity contribution in [2.75, 3.05) is 17.8 Å². The molecule has 2 heterocycles. The Labute approximate surface area is 201 Å². The first kappa shape index (κ1) is 22.9. The number of amides is 1. The van der Waals surface area contributed by atoms with Crippen molar-refractivity contribution in [3.05, 3.63) is 102 Å². The molecule has 1 aliphatic rings. The molecule has 3 aromatic carbocycles. The van der Waals surface area contributed by atoms with E-state index in [2.05, 4.69) is 9.71 Å². The van der Waals surface area contributed by atoms with Crippen LogP contribution in [-0.2, 0) is 16.4 Å². The Bertz CT molecular complexity index is 1520. The van der Waals surface area contributed by atoms with E-state index in [4.69, 9.17) is 0 Å². The Morgan fingerprint density at radius 3 is 2.51 bits per heavy atom. The van der Waals surface area contributed by atoms with Gasteiger partial charge in [-0.1, -0.05) is 48.5 Å². The molecule has 1 amide bonds. The zero-order valence-corrected chi connectivity index (χ0v) is 19.4. The number of para-hydroxylation sites is 1. The van der Waals surface area contributed by atoms with Crippen molar-refractivity contribution < 1.29 is 22.7 Å². The number of aromatic nitrogens is 1. The first-order valence-electron chi connectivity index (χ1n) is 11.0. The van der Waals surface area contributed by atoms with Crippen molar-refractivity contribution in [2.45, 2.75) is 16.9 Å². The number of β-amino-alcohol motifs (C(OH)–C–C–N with tert-alkyl or cyclic N) is 1. The van der Waals surface area contributed by atoms with Crippen LogP contribution in [0.2, 0.25) is 0 Å².